The molecule has 3 fully saturated rings. The van der Waals surface area contributed by atoms with Crippen LogP contribution in [-0.2, 0) is 10.3 Å². The van der Waals surface area contributed by atoms with Gasteiger partial charge in [-0.1, -0.05) is 30.3 Å². The third-order valence-corrected chi connectivity index (χ3v) is 5.13. The van der Waals surface area contributed by atoms with Gasteiger partial charge in [0.25, 0.3) is 5.91 Å². The van der Waals surface area contributed by atoms with Gasteiger partial charge in [0.2, 0.25) is 0 Å². The molecule has 1 aliphatic carbocycles. The van der Waals surface area contributed by atoms with Crippen LogP contribution in [0.1, 0.15) is 18.4 Å². The number of imide groups is 1. The lowest BCUT2D eigenvalue weighted by Crippen LogP contribution is -2.65. The van der Waals surface area contributed by atoms with Crippen molar-refractivity contribution in [1.82, 2.24) is 14.7 Å². The SMILES string of the molecule is N#CC1(c2ccccc2)CN(C(N)=O)CC2C(=O)N(C3CC3)C(=O)N21. The van der Waals surface area contributed by atoms with Gasteiger partial charge in [-0.2, -0.15) is 5.26 Å². The van der Waals surface area contributed by atoms with E-state index in [4.69, 9.17) is 5.73 Å². The lowest BCUT2D eigenvalue weighted by molar-refractivity contribution is -0.130. The number of amides is 5. The fourth-order valence-electron chi connectivity index (χ4n) is 3.76. The summed E-state index contributed by atoms with van der Waals surface area (Å²) in [6, 6.07) is 8.82. The second-order valence-corrected chi connectivity index (χ2v) is 6.66. The van der Waals surface area contributed by atoms with Crippen LogP contribution in [0.3, 0.4) is 0 Å². The first-order valence-electron chi connectivity index (χ1n) is 8.17. The number of fused-ring (bicyclic) bond motifs is 1. The maximum atomic E-state index is 13.0. The Labute approximate surface area is 144 Å². The van der Waals surface area contributed by atoms with Crippen molar-refractivity contribution in [3.8, 4) is 6.07 Å². The normalized spacial score (nSPS) is 28.8. The zero-order chi connectivity index (χ0) is 17.8. The van der Waals surface area contributed by atoms with Crippen LogP contribution < -0.4 is 5.73 Å². The molecule has 2 N–H and O–H groups in total. The summed E-state index contributed by atoms with van der Waals surface area (Å²) in [5.41, 5.74) is 4.57. The third-order valence-electron chi connectivity index (χ3n) is 5.13. The molecule has 2 aliphatic heterocycles. The first kappa shape index (κ1) is 15.4. The first-order valence-corrected chi connectivity index (χ1v) is 8.17. The Morgan fingerprint density at radius 2 is 1.92 bits per heavy atom. The largest absolute Gasteiger partial charge is 0.351 e. The van der Waals surface area contributed by atoms with E-state index in [9.17, 15) is 19.6 Å². The molecule has 0 radical (unpaired) electrons. The fraction of sp³-hybridized carbons (Fsp3) is 0.412. The van der Waals surface area contributed by atoms with Crippen molar-refractivity contribution in [3.63, 3.8) is 0 Å². The highest BCUT2D eigenvalue weighted by Crippen LogP contribution is 2.42. The smallest absolute Gasteiger partial charge is 0.329 e. The van der Waals surface area contributed by atoms with Gasteiger partial charge in [0, 0.05) is 6.04 Å². The second kappa shape index (κ2) is 5.21. The van der Waals surface area contributed by atoms with Crippen molar-refractivity contribution in [2.45, 2.75) is 30.5 Å². The Balaban J connectivity index is 1.86. The number of urea groups is 2. The molecule has 2 atom stereocenters. The summed E-state index contributed by atoms with van der Waals surface area (Å²) in [6.07, 6.45) is 1.56. The highest BCUT2D eigenvalue weighted by atomic mass is 16.2. The summed E-state index contributed by atoms with van der Waals surface area (Å²) in [7, 11) is 0. The van der Waals surface area contributed by atoms with Crippen LogP contribution in [0.15, 0.2) is 30.3 Å². The molecule has 1 aromatic carbocycles. The molecule has 8 nitrogen and oxygen atoms in total. The van der Waals surface area contributed by atoms with E-state index in [0.717, 1.165) is 12.8 Å². The second-order valence-electron chi connectivity index (χ2n) is 6.66. The van der Waals surface area contributed by atoms with Crippen molar-refractivity contribution < 1.29 is 14.4 Å². The molecule has 0 aromatic heterocycles. The molecule has 128 valence electrons. The Bertz CT molecular complexity index is 800. The number of nitrogens with two attached hydrogens (primary N) is 1. The molecule has 1 aromatic rings. The number of carbonyl (C=O) groups is 3. The van der Waals surface area contributed by atoms with Gasteiger partial charge in [-0.05, 0) is 18.4 Å². The van der Waals surface area contributed by atoms with Gasteiger partial charge >= 0.3 is 12.1 Å². The zero-order valence-electron chi connectivity index (χ0n) is 13.5. The van der Waals surface area contributed by atoms with Crippen molar-refractivity contribution in [2.24, 2.45) is 5.73 Å². The Morgan fingerprint density at radius 1 is 1.24 bits per heavy atom. The quantitative estimate of drug-likeness (QED) is 0.795. The van der Waals surface area contributed by atoms with Crippen LogP contribution in [0.25, 0.3) is 0 Å². The highest BCUT2D eigenvalue weighted by molar-refractivity contribution is 6.06. The molecule has 5 amide bonds. The van der Waals surface area contributed by atoms with Gasteiger partial charge in [0.1, 0.15) is 6.04 Å². The molecule has 1 saturated carbocycles. The van der Waals surface area contributed by atoms with E-state index >= 15 is 0 Å². The van der Waals surface area contributed by atoms with E-state index in [1.54, 1.807) is 30.3 Å². The molecule has 2 saturated heterocycles. The van der Waals surface area contributed by atoms with Crippen molar-refractivity contribution in [3.05, 3.63) is 35.9 Å². The zero-order valence-corrected chi connectivity index (χ0v) is 13.5. The Hall–Kier alpha value is -3.08. The molecule has 25 heavy (non-hydrogen) atoms. The molecular formula is C17H17N5O3. The molecule has 3 aliphatic rings. The van der Waals surface area contributed by atoms with Gasteiger partial charge in [-0.25, -0.2) is 9.59 Å². The Morgan fingerprint density at radius 3 is 2.48 bits per heavy atom. The average molecular weight is 339 g/mol. The topological polar surface area (TPSA) is 111 Å². The maximum Gasteiger partial charge on any atom is 0.329 e. The summed E-state index contributed by atoms with van der Waals surface area (Å²) in [4.78, 5) is 41.5. The van der Waals surface area contributed by atoms with E-state index in [0.29, 0.717) is 5.56 Å². The predicted molar refractivity (Wildman–Crippen MR) is 85.8 cm³/mol. The number of benzene rings is 1. The van der Waals surface area contributed by atoms with Gasteiger partial charge in [0.05, 0.1) is 19.2 Å². The van der Waals surface area contributed by atoms with Crippen molar-refractivity contribution in [1.29, 1.82) is 5.26 Å². The molecule has 0 spiro atoms. The molecule has 8 heteroatoms. The van der Waals surface area contributed by atoms with Crippen LogP contribution in [0.5, 0.6) is 0 Å². The average Bonchev–Trinajstić information content (AvgIpc) is 3.42. The first-order chi connectivity index (χ1) is 12.0. The minimum Gasteiger partial charge on any atom is -0.351 e. The minimum absolute atomic E-state index is 0.0133. The lowest BCUT2D eigenvalue weighted by atomic mass is 9.85. The number of carbonyl (C=O) groups excluding carboxylic acids is 3. The van der Waals surface area contributed by atoms with Crippen LogP contribution >= 0.6 is 0 Å². The number of primary amides is 1. The van der Waals surface area contributed by atoms with E-state index < -0.39 is 23.6 Å². The number of nitriles is 1. The van der Waals surface area contributed by atoms with E-state index in [1.807, 2.05) is 0 Å². The molecule has 2 unspecified atom stereocenters. The van der Waals surface area contributed by atoms with Crippen LogP contribution in [0.4, 0.5) is 9.59 Å². The number of hydrogen-bond donors (Lipinski definition) is 1. The van der Waals surface area contributed by atoms with Crippen LogP contribution in [-0.4, -0.2) is 57.8 Å². The van der Waals surface area contributed by atoms with E-state index in [-0.39, 0.29) is 25.0 Å². The summed E-state index contributed by atoms with van der Waals surface area (Å²) >= 11 is 0. The van der Waals surface area contributed by atoms with Crippen LogP contribution in [0.2, 0.25) is 0 Å². The number of rotatable bonds is 2. The maximum absolute atomic E-state index is 13.0. The van der Waals surface area contributed by atoms with E-state index in [2.05, 4.69) is 6.07 Å². The molecular weight excluding hydrogens is 322 g/mol. The van der Waals surface area contributed by atoms with Crippen molar-refractivity contribution >= 4 is 18.0 Å². The molecule has 2 heterocycles. The number of hydrogen-bond acceptors (Lipinski definition) is 4. The van der Waals surface area contributed by atoms with Gasteiger partial charge in [-0.15, -0.1) is 0 Å². The number of nitrogens with zero attached hydrogens (tertiary/aromatic N) is 4. The standard InChI is InChI=1S/C17H17N5O3/c18-9-17(11-4-2-1-3-5-11)10-20(15(19)24)8-13-14(23)21(12-6-7-12)16(25)22(13)17/h1-5,12-13H,6-8,10H2,(H2,19,24). The summed E-state index contributed by atoms with van der Waals surface area (Å²) in [5.74, 6) is -0.353. The van der Waals surface area contributed by atoms with Gasteiger partial charge in [-0.3, -0.25) is 14.6 Å². The van der Waals surface area contributed by atoms with Crippen LogP contribution in [0, 0.1) is 11.3 Å². The van der Waals surface area contributed by atoms with Gasteiger partial charge < -0.3 is 10.6 Å². The minimum atomic E-state index is -1.43. The fourth-order valence-corrected chi connectivity index (χ4v) is 3.76. The predicted octanol–water partition coefficient (Wildman–Crippen LogP) is 0.595. The summed E-state index contributed by atoms with van der Waals surface area (Å²) in [6.45, 7) is -0.0454. The monoisotopic (exact) mass is 339 g/mol. The third kappa shape index (κ3) is 2.09. The summed E-state index contributed by atoms with van der Waals surface area (Å²) in [5, 5.41) is 10.0. The van der Waals surface area contributed by atoms with Gasteiger partial charge in [0.15, 0.2) is 5.54 Å². The van der Waals surface area contributed by atoms with Crippen molar-refractivity contribution in [2.75, 3.05) is 13.1 Å². The molecule has 0 bridgehead atoms. The Kier molecular flexibility index (Phi) is 3.22. The molecule has 4 rings (SSSR count). The highest BCUT2D eigenvalue weighted by Gasteiger charge is 2.61. The lowest BCUT2D eigenvalue weighted by Gasteiger charge is -2.46. The number of piperazine rings is 1. The summed E-state index contributed by atoms with van der Waals surface area (Å²) < 4.78 is 0. The van der Waals surface area contributed by atoms with E-state index in [1.165, 1.54) is 14.7 Å².